The molecule has 0 saturated carbocycles. The van der Waals surface area contributed by atoms with E-state index in [-0.39, 0.29) is 5.75 Å². The van der Waals surface area contributed by atoms with Gasteiger partial charge in [-0.1, -0.05) is 44.2 Å². The van der Waals surface area contributed by atoms with Crippen molar-refractivity contribution in [1.29, 1.82) is 0 Å². The van der Waals surface area contributed by atoms with Crippen LogP contribution in [0.1, 0.15) is 26.7 Å². The second kappa shape index (κ2) is 6.20. The Bertz CT molecular complexity index is 768. The molecule has 0 N–H and O–H groups in total. The monoisotopic (exact) mass is 351 g/mol. The molecule has 1 aliphatic rings. The third-order valence-corrected chi connectivity index (χ3v) is 8.30. The second-order valence-corrected chi connectivity index (χ2v) is 9.13. The molecule has 0 unspecified atom stereocenters. The molecule has 0 bridgehead atoms. The maximum atomic E-state index is 12.5. The van der Waals surface area contributed by atoms with Crippen LogP contribution in [-0.4, -0.2) is 41.4 Å². The molecule has 0 radical (unpaired) electrons. The highest BCUT2D eigenvalue weighted by molar-refractivity contribution is 7.92. The van der Waals surface area contributed by atoms with Crippen LogP contribution >= 0.6 is 11.5 Å². The van der Waals surface area contributed by atoms with E-state index in [4.69, 9.17) is 0 Å². The first-order valence-corrected chi connectivity index (χ1v) is 10.3. The molecule has 5 nitrogen and oxygen atoms in total. The lowest BCUT2D eigenvalue weighted by Crippen LogP contribution is -2.55. The van der Waals surface area contributed by atoms with Gasteiger partial charge in [-0.05, 0) is 12.8 Å². The molecule has 124 valence electrons. The summed E-state index contributed by atoms with van der Waals surface area (Å²) in [5, 5.41) is 0.810. The van der Waals surface area contributed by atoms with E-state index in [0.29, 0.717) is 31.8 Å². The van der Waals surface area contributed by atoms with Gasteiger partial charge >= 0.3 is 0 Å². The van der Waals surface area contributed by atoms with Crippen molar-refractivity contribution < 1.29 is 8.42 Å². The number of anilines is 1. The van der Waals surface area contributed by atoms with Crippen LogP contribution < -0.4 is 4.90 Å². The van der Waals surface area contributed by atoms with Crippen molar-refractivity contribution >= 4 is 26.5 Å². The smallest absolute Gasteiger partial charge is 0.205 e. The fourth-order valence-corrected chi connectivity index (χ4v) is 5.94. The number of nitrogens with zero attached hydrogens (tertiary/aromatic N) is 3. The first-order chi connectivity index (χ1) is 11.0. The molecule has 0 spiro atoms. The Labute approximate surface area is 141 Å². The van der Waals surface area contributed by atoms with Gasteiger partial charge in [-0.25, -0.2) is 8.42 Å². The number of hydrogen-bond acceptors (Lipinski definition) is 6. The lowest BCUT2D eigenvalue weighted by atomic mass is 10.0. The summed E-state index contributed by atoms with van der Waals surface area (Å²) in [4.78, 5) is 6.71. The van der Waals surface area contributed by atoms with Gasteiger partial charge in [0.15, 0.2) is 15.7 Å². The Balaban J connectivity index is 1.88. The summed E-state index contributed by atoms with van der Waals surface area (Å²) in [5.41, 5.74) is 0.983. The van der Waals surface area contributed by atoms with E-state index in [1.807, 2.05) is 44.2 Å². The van der Waals surface area contributed by atoms with Crippen molar-refractivity contribution in [2.75, 3.05) is 23.7 Å². The Morgan fingerprint density at radius 1 is 1.22 bits per heavy atom. The van der Waals surface area contributed by atoms with E-state index in [9.17, 15) is 8.42 Å². The van der Waals surface area contributed by atoms with E-state index in [1.165, 1.54) is 11.5 Å². The molecular formula is C16H21N3O2S2. The van der Waals surface area contributed by atoms with Gasteiger partial charge in [0, 0.05) is 30.2 Å². The molecule has 0 atom stereocenters. The normalized spacial score (nSPS) is 19.7. The van der Waals surface area contributed by atoms with Crippen molar-refractivity contribution in [2.24, 2.45) is 0 Å². The third-order valence-electron chi connectivity index (χ3n) is 4.78. The molecule has 23 heavy (non-hydrogen) atoms. The van der Waals surface area contributed by atoms with E-state index < -0.39 is 14.6 Å². The van der Waals surface area contributed by atoms with Gasteiger partial charge in [0.25, 0.3) is 0 Å². The van der Waals surface area contributed by atoms with Crippen LogP contribution in [0.15, 0.2) is 30.3 Å². The van der Waals surface area contributed by atoms with Crippen LogP contribution in [0.25, 0.3) is 11.4 Å². The van der Waals surface area contributed by atoms with Crippen LogP contribution in [0.3, 0.4) is 0 Å². The summed E-state index contributed by atoms with van der Waals surface area (Å²) in [5.74, 6) is 0.896. The Morgan fingerprint density at radius 2 is 1.91 bits per heavy atom. The van der Waals surface area contributed by atoms with Gasteiger partial charge in [0.2, 0.25) is 5.13 Å². The highest BCUT2D eigenvalue weighted by Gasteiger charge is 2.45. The van der Waals surface area contributed by atoms with Crippen molar-refractivity contribution in [3.05, 3.63) is 30.3 Å². The van der Waals surface area contributed by atoms with Gasteiger partial charge in [-0.2, -0.15) is 9.36 Å². The maximum absolute atomic E-state index is 12.5. The van der Waals surface area contributed by atoms with Gasteiger partial charge < -0.3 is 4.90 Å². The fraction of sp³-hybridized carbons (Fsp3) is 0.500. The molecule has 2 heterocycles. The largest absolute Gasteiger partial charge is 0.344 e. The highest BCUT2D eigenvalue weighted by Crippen LogP contribution is 2.34. The number of hydrogen-bond donors (Lipinski definition) is 0. The molecule has 1 aromatic carbocycles. The average Bonchev–Trinajstić information content (AvgIpc) is 3.06. The summed E-state index contributed by atoms with van der Waals surface area (Å²) in [6.07, 6.45) is 1.26. The predicted molar refractivity (Wildman–Crippen MR) is 94.7 cm³/mol. The number of rotatable bonds is 4. The molecule has 2 aromatic rings. The zero-order chi connectivity index (χ0) is 16.5. The molecule has 1 saturated heterocycles. The SMILES string of the molecule is CCC1(CC)CN(c2nc(-c3ccccc3)ns2)CCS1(=O)=O. The average molecular weight is 351 g/mol. The zero-order valence-electron chi connectivity index (χ0n) is 13.4. The summed E-state index contributed by atoms with van der Waals surface area (Å²) in [6, 6.07) is 9.85. The van der Waals surface area contributed by atoms with Crippen molar-refractivity contribution in [3.8, 4) is 11.4 Å². The molecule has 0 amide bonds. The first-order valence-electron chi connectivity index (χ1n) is 7.88. The molecular weight excluding hydrogens is 330 g/mol. The van der Waals surface area contributed by atoms with Gasteiger partial charge in [-0.15, -0.1) is 0 Å². The maximum Gasteiger partial charge on any atom is 0.205 e. The number of sulfone groups is 1. The molecule has 1 aromatic heterocycles. The topological polar surface area (TPSA) is 63.2 Å². The van der Waals surface area contributed by atoms with Crippen LogP contribution in [0.5, 0.6) is 0 Å². The second-order valence-electron chi connectivity index (χ2n) is 5.90. The zero-order valence-corrected chi connectivity index (χ0v) is 15.0. The predicted octanol–water partition coefficient (Wildman–Crippen LogP) is 3.00. The number of benzene rings is 1. The minimum atomic E-state index is -3.06. The van der Waals surface area contributed by atoms with Gasteiger partial charge in [0.05, 0.1) is 10.5 Å². The Hall–Kier alpha value is -1.47. The van der Waals surface area contributed by atoms with Gasteiger partial charge in [0.1, 0.15) is 0 Å². The van der Waals surface area contributed by atoms with E-state index in [1.54, 1.807) is 0 Å². The quantitative estimate of drug-likeness (QED) is 0.847. The summed E-state index contributed by atoms with van der Waals surface area (Å²) in [7, 11) is -3.06. The minimum Gasteiger partial charge on any atom is -0.344 e. The standard InChI is InChI=1S/C16H21N3O2S2/c1-3-16(4-2)12-19(10-11-23(16,20)21)15-17-14(18-22-15)13-8-6-5-7-9-13/h5-9H,3-4,10-12H2,1-2H3. The van der Waals surface area contributed by atoms with Crippen molar-refractivity contribution in [3.63, 3.8) is 0 Å². The molecule has 1 fully saturated rings. The first kappa shape index (κ1) is 16.4. The molecule has 0 aliphatic carbocycles. The van der Waals surface area contributed by atoms with Crippen LogP contribution in [0, 0.1) is 0 Å². The lowest BCUT2D eigenvalue weighted by molar-refractivity contribution is 0.458. The van der Waals surface area contributed by atoms with E-state index in [0.717, 1.165) is 10.7 Å². The molecule has 3 rings (SSSR count). The Kier molecular flexibility index (Phi) is 4.42. The van der Waals surface area contributed by atoms with E-state index >= 15 is 0 Å². The lowest BCUT2D eigenvalue weighted by Gasteiger charge is -2.41. The third kappa shape index (κ3) is 2.87. The van der Waals surface area contributed by atoms with E-state index in [2.05, 4.69) is 14.3 Å². The summed E-state index contributed by atoms with van der Waals surface area (Å²) < 4.78 is 28.8. The number of aromatic nitrogens is 2. The minimum absolute atomic E-state index is 0.189. The van der Waals surface area contributed by atoms with Crippen LogP contribution in [0.4, 0.5) is 5.13 Å². The molecule has 7 heteroatoms. The van der Waals surface area contributed by atoms with Crippen molar-refractivity contribution in [2.45, 2.75) is 31.4 Å². The van der Waals surface area contributed by atoms with Gasteiger partial charge in [-0.3, -0.25) is 0 Å². The highest BCUT2D eigenvalue weighted by atomic mass is 32.2. The van der Waals surface area contributed by atoms with Crippen LogP contribution in [-0.2, 0) is 9.84 Å². The summed E-state index contributed by atoms with van der Waals surface area (Å²) >= 11 is 1.34. The van der Waals surface area contributed by atoms with Crippen LogP contribution in [0.2, 0.25) is 0 Å². The Morgan fingerprint density at radius 3 is 2.57 bits per heavy atom. The fourth-order valence-electron chi connectivity index (χ4n) is 3.10. The summed E-state index contributed by atoms with van der Waals surface area (Å²) in [6.45, 7) is 4.92. The molecule has 1 aliphatic heterocycles. The van der Waals surface area contributed by atoms with Crippen molar-refractivity contribution in [1.82, 2.24) is 9.36 Å².